The van der Waals surface area contributed by atoms with Crippen LogP contribution in [0.4, 0.5) is 10.5 Å². The molecule has 3 aliphatic heterocycles. The number of nitrogens with zero attached hydrogens (tertiary/aromatic N) is 4. The molecule has 0 aromatic heterocycles. The number of piperidine rings is 1. The number of hydrogen-bond acceptors (Lipinski definition) is 6. The highest BCUT2D eigenvalue weighted by atomic mass is 127. The van der Waals surface area contributed by atoms with E-state index in [1.807, 2.05) is 37.8 Å². The second-order valence-corrected chi connectivity index (χ2v) is 9.46. The molecule has 0 radical (unpaired) electrons. The molecular formula is C23H34IN5O3. The van der Waals surface area contributed by atoms with E-state index >= 15 is 0 Å². The Labute approximate surface area is 207 Å². The number of aliphatic imine (C=N–C) groups is 1. The van der Waals surface area contributed by atoms with Crippen LogP contribution in [-0.2, 0) is 16.1 Å². The number of amides is 2. The summed E-state index contributed by atoms with van der Waals surface area (Å²) in [5, 5.41) is 3.45. The molecular weight excluding hydrogens is 521 g/mol. The van der Waals surface area contributed by atoms with Crippen LogP contribution in [0.25, 0.3) is 0 Å². The Kier molecular flexibility index (Phi) is 7.89. The van der Waals surface area contributed by atoms with Gasteiger partial charge in [0.2, 0.25) is 5.91 Å². The van der Waals surface area contributed by atoms with Crippen LogP contribution < -0.4 is 10.2 Å². The van der Waals surface area contributed by atoms with Gasteiger partial charge in [0.1, 0.15) is 5.60 Å². The fourth-order valence-electron chi connectivity index (χ4n) is 4.28. The molecule has 9 heteroatoms. The Bertz CT molecular complexity index is 852. The first-order valence-electron chi connectivity index (χ1n) is 11.2. The van der Waals surface area contributed by atoms with Crippen LogP contribution in [0.15, 0.2) is 29.3 Å². The van der Waals surface area contributed by atoms with Gasteiger partial charge in [0.15, 0.2) is 5.96 Å². The molecule has 2 amide bonds. The van der Waals surface area contributed by atoms with Crippen LogP contribution in [0, 0.1) is 0 Å². The van der Waals surface area contributed by atoms with Crippen molar-refractivity contribution < 1.29 is 14.3 Å². The smallest absolute Gasteiger partial charge is 0.410 e. The van der Waals surface area contributed by atoms with Crippen molar-refractivity contribution in [2.75, 3.05) is 37.6 Å². The Morgan fingerprint density at radius 1 is 1.16 bits per heavy atom. The molecule has 3 aliphatic rings. The van der Waals surface area contributed by atoms with Crippen LogP contribution in [0.2, 0.25) is 0 Å². The number of carbonyl (C=O) groups is 2. The molecule has 0 bridgehead atoms. The lowest BCUT2D eigenvalue weighted by atomic mass is 10.1. The lowest BCUT2D eigenvalue weighted by Gasteiger charge is -2.39. The summed E-state index contributed by atoms with van der Waals surface area (Å²) in [5.74, 6) is 1.11. The van der Waals surface area contributed by atoms with Crippen LogP contribution in [0.3, 0.4) is 0 Å². The van der Waals surface area contributed by atoms with E-state index < -0.39 is 5.60 Å². The average Bonchev–Trinajstić information content (AvgIpc) is 3.14. The number of ether oxygens (including phenoxy) is 1. The quantitative estimate of drug-likeness (QED) is 0.580. The van der Waals surface area contributed by atoms with Gasteiger partial charge in [0.05, 0.1) is 12.6 Å². The van der Waals surface area contributed by atoms with Gasteiger partial charge in [-0.1, -0.05) is 12.1 Å². The first-order chi connectivity index (χ1) is 14.8. The minimum Gasteiger partial charge on any atom is -0.444 e. The summed E-state index contributed by atoms with van der Waals surface area (Å²) in [6.45, 7) is 9.82. The summed E-state index contributed by atoms with van der Waals surface area (Å²) in [6.07, 6.45) is 2.45. The standard InChI is InChI=1S/C23H33N5O3.HI/c1-23(2,3)31-22(30)26-12-13-28-19(16-26)15-25-21(28)24-14-17-7-9-18(10-8-17)27-11-5-4-6-20(27)29;/h7-10,19H,4-6,11-16H2,1-3H3,(H,24,25);1H. The molecule has 1 aromatic carbocycles. The maximum Gasteiger partial charge on any atom is 0.410 e. The molecule has 0 spiro atoms. The SMILES string of the molecule is CC(C)(C)OC(=O)N1CCN2C(NCc3ccc(N4CCCCC4=O)cc3)=NCC2C1.I. The molecule has 8 nitrogen and oxygen atoms in total. The molecule has 0 aliphatic carbocycles. The molecule has 2 saturated heterocycles. The molecule has 1 unspecified atom stereocenters. The number of rotatable bonds is 3. The summed E-state index contributed by atoms with van der Waals surface area (Å²) >= 11 is 0. The number of anilines is 1. The van der Waals surface area contributed by atoms with E-state index in [2.05, 4.69) is 27.3 Å². The van der Waals surface area contributed by atoms with E-state index in [4.69, 9.17) is 4.74 Å². The van der Waals surface area contributed by atoms with Crippen LogP contribution in [-0.4, -0.2) is 72.1 Å². The summed E-state index contributed by atoms with van der Waals surface area (Å²) in [7, 11) is 0. The zero-order valence-corrected chi connectivity index (χ0v) is 21.5. The molecule has 1 N–H and O–H groups in total. The van der Waals surface area contributed by atoms with Crippen LogP contribution in [0.5, 0.6) is 0 Å². The highest BCUT2D eigenvalue weighted by Gasteiger charge is 2.36. The third kappa shape index (κ3) is 5.85. The Balaban J connectivity index is 0.00000289. The molecule has 1 aromatic rings. The van der Waals surface area contributed by atoms with Gasteiger partial charge in [-0.3, -0.25) is 9.79 Å². The van der Waals surface area contributed by atoms with Gasteiger partial charge in [0, 0.05) is 44.8 Å². The van der Waals surface area contributed by atoms with Gasteiger partial charge < -0.3 is 24.8 Å². The summed E-state index contributed by atoms with van der Waals surface area (Å²) < 4.78 is 5.51. The molecule has 1 atom stereocenters. The minimum atomic E-state index is -0.482. The number of nitrogens with one attached hydrogen (secondary N) is 1. The molecule has 4 rings (SSSR count). The number of fused-ring (bicyclic) bond motifs is 1. The summed E-state index contributed by atoms with van der Waals surface area (Å²) in [4.78, 5) is 35.1. The van der Waals surface area contributed by atoms with Gasteiger partial charge in [0.25, 0.3) is 0 Å². The largest absolute Gasteiger partial charge is 0.444 e. The average molecular weight is 555 g/mol. The summed E-state index contributed by atoms with van der Waals surface area (Å²) in [6, 6.07) is 8.38. The lowest BCUT2D eigenvalue weighted by molar-refractivity contribution is -0.119. The van der Waals surface area contributed by atoms with E-state index in [1.54, 1.807) is 4.90 Å². The zero-order valence-electron chi connectivity index (χ0n) is 19.2. The number of guanidine groups is 1. The Morgan fingerprint density at radius 3 is 2.59 bits per heavy atom. The normalized spacial score (nSPS) is 21.0. The lowest BCUT2D eigenvalue weighted by Crippen LogP contribution is -2.57. The van der Waals surface area contributed by atoms with Crippen molar-refractivity contribution in [3.63, 3.8) is 0 Å². The number of carbonyl (C=O) groups excluding carboxylic acids is 2. The maximum atomic E-state index is 12.4. The van der Waals surface area contributed by atoms with Crippen molar-refractivity contribution in [2.45, 2.75) is 58.2 Å². The first kappa shape index (κ1) is 24.6. The third-order valence-electron chi connectivity index (χ3n) is 5.88. The van der Waals surface area contributed by atoms with Gasteiger partial charge in [-0.2, -0.15) is 0 Å². The predicted molar refractivity (Wildman–Crippen MR) is 136 cm³/mol. The highest BCUT2D eigenvalue weighted by molar-refractivity contribution is 14.0. The van der Waals surface area contributed by atoms with Gasteiger partial charge in [-0.25, -0.2) is 4.79 Å². The topological polar surface area (TPSA) is 77.5 Å². The van der Waals surface area contributed by atoms with Crippen LogP contribution in [0.1, 0.15) is 45.6 Å². The Morgan fingerprint density at radius 2 is 1.91 bits per heavy atom. The monoisotopic (exact) mass is 555 g/mol. The number of halogens is 1. The molecule has 3 heterocycles. The summed E-state index contributed by atoms with van der Waals surface area (Å²) in [5.41, 5.74) is 1.64. The molecule has 0 saturated carbocycles. The van der Waals surface area contributed by atoms with Crippen molar-refractivity contribution in [2.24, 2.45) is 4.99 Å². The predicted octanol–water partition coefficient (Wildman–Crippen LogP) is 3.20. The molecule has 176 valence electrons. The minimum absolute atomic E-state index is 0. The van der Waals surface area contributed by atoms with Gasteiger partial charge in [-0.15, -0.1) is 24.0 Å². The second kappa shape index (κ2) is 10.3. The van der Waals surface area contributed by atoms with E-state index in [9.17, 15) is 9.59 Å². The Hall–Kier alpha value is -2.04. The fourth-order valence-corrected chi connectivity index (χ4v) is 4.28. The number of hydrogen-bond donors (Lipinski definition) is 1. The van der Waals surface area contributed by atoms with E-state index in [-0.39, 0.29) is 42.0 Å². The van der Waals surface area contributed by atoms with Gasteiger partial charge in [-0.05, 0) is 51.3 Å². The maximum absolute atomic E-state index is 12.4. The molecule has 32 heavy (non-hydrogen) atoms. The third-order valence-corrected chi connectivity index (χ3v) is 5.88. The highest BCUT2D eigenvalue weighted by Crippen LogP contribution is 2.22. The fraction of sp³-hybridized carbons (Fsp3) is 0.609. The first-order valence-corrected chi connectivity index (χ1v) is 11.2. The van der Waals surface area contributed by atoms with Gasteiger partial charge >= 0.3 is 6.09 Å². The van der Waals surface area contributed by atoms with E-state index in [0.29, 0.717) is 32.6 Å². The van der Waals surface area contributed by atoms with Crippen molar-refractivity contribution in [1.82, 2.24) is 15.1 Å². The molecule has 2 fully saturated rings. The van der Waals surface area contributed by atoms with Crippen LogP contribution >= 0.6 is 24.0 Å². The van der Waals surface area contributed by atoms with E-state index in [1.165, 1.54) is 0 Å². The number of piperazine rings is 1. The number of benzene rings is 1. The zero-order chi connectivity index (χ0) is 22.0. The second-order valence-electron chi connectivity index (χ2n) is 9.46. The van der Waals surface area contributed by atoms with Crippen molar-refractivity contribution >= 4 is 47.6 Å². The van der Waals surface area contributed by atoms with Crippen molar-refractivity contribution in [1.29, 1.82) is 0 Å². The van der Waals surface area contributed by atoms with Crippen molar-refractivity contribution in [3.05, 3.63) is 29.8 Å². The van der Waals surface area contributed by atoms with Crippen molar-refractivity contribution in [3.8, 4) is 0 Å². The van der Waals surface area contributed by atoms with E-state index in [0.717, 1.165) is 43.1 Å².